The Hall–Kier alpha value is -0.550. The number of rotatable bonds is 2. The molecule has 0 heterocycles. The molecule has 1 nitrogen and oxygen atoms in total. The largest absolute Gasteiger partial charge is 0.330 e. The summed E-state index contributed by atoms with van der Waals surface area (Å²) in [5.41, 5.74) is 5.08. The lowest BCUT2D eigenvalue weighted by atomic mass is 9.64. The Morgan fingerprint density at radius 2 is 1.88 bits per heavy atom. The second-order valence-electron chi connectivity index (χ2n) is 4.19. The first-order valence-electron chi connectivity index (χ1n) is 5.05. The molecule has 1 aromatic carbocycles. The molecule has 0 unspecified atom stereocenters. The number of hydrogen-bond acceptors (Lipinski definition) is 1. The third kappa shape index (κ3) is 1.57. The molecular weight excluding hydrogens is 283 g/mol. The second kappa shape index (κ2) is 4.04. The Morgan fingerprint density at radius 3 is 2.31 bits per heavy atom. The summed E-state index contributed by atoms with van der Waals surface area (Å²) in [5, 5.41) is 0. The maximum atomic E-state index is 13.7. The highest BCUT2D eigenvalue weighted by Gasteiger charge is 2.41. The summed E-state index contributed by atoms with van der Waals surface area (Å²) < 4.78 is 40.0. The minimum absolute atomic E-state index is 0.0689. The summed E-state index contributed by atoms with van der Waals surface area (Å²) in [4.78, 5) is 0. The van der Waals surface area contributed by atoms with E-state index in [0.717, 1.165) is 12.5 Å². The molecule has 88 valence electrons. The van der Waals surface area contributed by atoms with Gasteiger partial charge in [0.05, 0.1) is 4.47 Å². The highest BCUT2D eigenvalue weighted by Crippen LogP contribution is 2.45. The van der Waals surface area contributed by atoms with E-state index >= 15 is 0 Å². The summed E-state index contributed by atoms with van der Waals surface area (Å²) in [6, 6.07) is 1.05. The van der Waals surface area contributed by atoms with Crippen LogP contribution in [0.15, 0.2) is 10.5 Å². The first-order chi connectivity index (χ1) is 7.52. The normalized spacial score (nSPS) is 18.3. The van der Waals surface area contributed by atoms with Gasteiger partial charge >= 0.3 is 0 Å². The Kier molecular flexibility index (Phi) is 3.01. The fourth-order valence-corrected chi connectivity index (χ4v) is 2.43. The van der Waals surface area contributed by atoms with Gasteiger partial charge in [0.25, 0.3) is 0 Å². The lowest BCUT2D eigenvalue weighted by Gasteiger charge is -2.41. The molecule has 0 atom stereocenters. The first kappa shape index (κ1) is 11.9. The molecule has 2 rings (SSSR count). The molecule has 1 saturated carbocycles. The molecule has 2 N–H and O–H groups in total. The molecule has 0 bridgehead atoms. The number of benzene rings is 1. The zero-order chi connectivity index (χ0) is 11.9. The van der Waals surface area contributed by atoms with Crippen LogP contribution in [0.5, 0.6) is 0 Å². The van der Waals surface area contributed by atoms with Crippen LogP contribution >= 0.6 is 15.9 Å². The van der Waals surface area contributed by atoms with Crippen molar-refractivity contribution in [2.24, 2.45) is 5.73 Å². The van der Waals surface area contributed by atoms with Crippen LogP contribution < -0.4 is 5.73 Å². The van der Waals surface area contributed by atoms with Crippen molar-refractivity contribution in [3.63, 3.8) is 0 Å². The maximum Gasteiger partial charge on any atom is 0.176 e. The van der Waals surface area contributed by atoms with E-state index in [2.05, 4.69) is 15.9 Å². The van der Waals surface area contributed by atoms with Gasteiger partial charge in [-0.15, -0.1) is 0 Å². The van der Waals surface area contributed by atoms with Crippen LogP contribution in [0, 0.1) is 17.5 Å². The van der Waals surface area contributed by atoms with Gasteiger partial charge in [-0.05, 0) is 34.8 Å². The molecule has 5 heteroatoms. The van der Waals surface area contributed by atoms with Crippen LogP contribution in [0.4, 0.5) is 13.2 Å². The van der Waals surface area contributed by atoms with Gasteiger partial charge in [0.2, 0.25) is 0 Å². The van der Waals surface area contributed by atoms with Gasteiger partial charge in [-0.3, -0.25) is 0 Å². The molecule has 0 saturated heterocycles. The van der Waals surface area contributed by atoms with E-state index in [4.69, 9.17) is 5.73 Å². The van der Waals surface area contributed by atoms with Crippen LogP contribution in [0.25, 0.3) is 0 Å². The molecule has 1 aliphatic carbocycles. The zero-order valence-electron chi connectivity index (χ0n) is 8.49. The zero-order valence-corrected chi connectivity index (χ0v) is 10.1. The van der Waals surface area contributed by atoms with E-state index in [0.29, 0.717) is 12.8 Å². The Labute approximate surface area is 100.0 Å². The van der Waals surface area contributed by atoms with Gasteiger partial charge in [-0.2, -0.15) is 0 Å². The van der Waals surface area contributed by atoms with Crippen LogP contribution in [-0.2, 0) is 5.41 Å². The standard InChI is InChI=1S/C11H11BrF3N/c12-8-7(13)4-6(9(14)10(8)15)11(5-16)2-1-3-11/h4H,1-3,5,16H2. The second-order valence-corrected chi connectivity index (χ2v) is 4.98. The molecule has 0 aromatic heterocycles. The van der Waals surface area contributed by atoms with Crippen LogP contribution in [0.1, 0.15) is 24.8 Å². The van der Waals surface area contributed by atoms with Crippen LogP contribution in [-0.4, -0.2) is 6.54 Å². The van der Waals surface area contributed by atoms with Gasteiger partial charge in [0, 0.05) is 17.5 Å². The fraction of sp³-hybridized carbons (Fsp3) is 0.455. The SMILES string of the molecule is NCC1(c2cc(F)c(Br)c(F)c2F)CCC1. The minimum Gasteiger partial charge on any atom is -0.330 e. The number of hydrogen-bond donors (Lipinski definition) is 1. The van der Waals surface area contributed by atoms with Gasteiger partial charge in [0.15, 0.2) is 11.6 Å². The molecule has 0 radical (unpaired) electrons. The van der Waals surface area contributed by atoms with E-state index in [1.165, 1.54) is 0 Å². The number of nitrogens with two attached hydrogens (primary N) is 1. The van der Waals surface area contributed by atoms with E-state index in [1.807, 2.05) is 0 Å². The summed E-state index contributed by atoms with van der Waals surface area (Å²) in [7, 11) is 0. The summed E-state index contributed by atoms with van der Waals surface area (Å²) in [6.45, 7) is 0.213. The molecule has 0 spiro atoms. The molecule has 0 aliphatic heterocycles. The topological polar surface area (TPSA) is 26.0 Å². The van der Waals surface area contributed by atoms with Crippen molar-refractivity contribution in [2.75, 3.05) is 6.54 Å². The van der Waals surface area contributed by atoms with Gasteiger partial charge < -0.3 is 5.73 Å². The monoisotopic (exact) mass is 293 g/mol. The van der Waals surface area contributed by atoms with Crippen molar-refractivity contribution in [1.29, 1.82) is 0 Å². The van der Waals surface area contributed by atoms with Crippen LogP contribution in [0.3, 0.4) is 0 Å². The third-order valence-corrected chi connectivity index (χ3v) is 4.10. The number of halogens is 4. The Morgan fingerprint density at radius 1 is 1.25 bits per heavy atom. The molecule has 0 amide bonds. The quantitative estimate of drug-likeness (QED) is 0.657. The Bertz CT molecular complexity index is 424. The highest BCUT2D eigenvalue weighted by molar-refractivity contribution is 9.10. The summed E-state index contributed by atoms with van der Waals surface area (Å²) in [6.07, 6.45) is 2.28. The molecular formula is C11H11BrF3N. The predicted octanol–water partition coefficient (Wildman–Crippen LogP) is 3.25. The van der Waals surface area contributed by atoms with Gasteiger partial charge in [0.1, 0.15) is 5.82 Å². The van der Waals surface area contributed by atoms with E-state index in [1.54, 1.807) is 0 Å². The van der Waals surface area contributed by atoms with Crippen LogP contribution in [0.2, 0.25) is 0 Å². The van der Waals surface area contributed by atoms with Gasteiger partial charge in [-0.1, -0.05) is 6.42 Å². The first-order valence-corrected chi connectivity index (χ1v) is 5.85. The smallest absolute Gasteiger partial charge is 0.176 e. The van der Waals surface area contributed by atoms with Crippen molar-refractivity contribution < 1.29 is 13.2 Å². The molecule has 16 heavy (non-hydrogen) atoms. The molecule has 1 fully saturated rings. The molecule has 1 aromatic rings. The fourth-order valence-electron chi connectivity index (χ4n) is 2.15. The van der Waals surface area contributed by atoms with Crippen molar-refractivity contribution in [3.05, 3.63) is 33.6 Å². The summed E-state index contributed by atoms with van der Waals surface area (Å²) in [5.74, 6) is -2.94. The summed E-state index contributed by atoms with van der Waals surface area (Å²) >= 11 is 2.67. The average molecular weight is 294 g/mol. The maximum absolute atomic E-state index is 13.7. The van der Waals surface area contributed by atoms with Crippen molar-refractivity contribution in [3.8, 4) is 0 Å². The average Bonchev–Trinajstić information content (AvgIpc) is 2.21. The Balaban J connectivity index is 2.57. The minimum atomic E-state index is -1.17. The van der Waals surface area contributed by atoms with Crippen molar-refractivity contribution in [1.82, 2.24) is 0 Å². The van der Waals surface area contributed by atoms with Crippen molar-refractivity contribution >= 4 is 15.9 Å². The van der Waals surface area contributed by atoms with Crippen molar-refractivity contribution in [2.45, 2.75) is 24.7 Å². The van der Waals surface area contributed by atoms with E-state index < -0.39 is 27.3 Å². The predicted molar refractivity (Wildman–Crippen MR) is 58.6 cm³/mol. The van der Waals surface area contributed by atoms with Gasteiger partial charge in [-0.25, -0.2) is 13.2 Å². The third-order valence-electron chi connectivity index (χ3n) is 3.38. The molecule has 1 aliphatic rings. The lowest BCUT2D eigenvalue weighted by molar-refractivity contribution is 0.240. The van der Waals surface area contributed by atoms with E-state index in [9.17, 15) is 13.2 Å². The highest BCUT2D eigenvalue weighted by atomic mass is 79.9. The lowest BCUT2D eigenvalue weighted by Crippen LogP contribution is -2.42. The van der Waals surface area contributed by atoms with E-state index in [-0.39, 0.29) is 12.1 Å².